The molecule has 4 nitrogen and oxygen atoms in total. The number of nitrogens with zero attached hydrogens (tertiary/aromatic N) is 2. The Kier molecular flexibility index (Phi) is 3.56. The molecule has 88 valence electrons. The summed E-state index contributed by atoms with van der Waals surface area (Å²) in [5.74, 6) is 0.593. The Labute approximate surface area is 104 Å². The molecule has 0 fully saturated rings. The van der Waals surface area contributed by atoms with E-state index in [-0.39, 0.29) is 0 Å². The van der Waals surface area contributed by atoms with Gasteiger partial charge in [-0.3, -0.25) is 9.97 Å². The molecule has 0 aliphatic carbocycles. The zero-order valence-corrected chi connectivity index (χ0v) is 9.93. The van der Waals surface area contributed by atoms with Gasteiger partial charge in [-0.2, -0.15) is 0 Å². The lowest BCUT2D eigenvalue weighted by atomic mass is 10.1. The van der Waals surface area contributed by atoms with E-state index >= 15 is 0 Å². The monoisotopic (exact) mass is 250 g/mol. The van der Waals surface area contributed by atoms with Crippen molar-refractivity contribution >= 4 is 11.6 Å². The first-order valence-electron chi connectivity index (χ1n) is 4.99. The molecule has 1 atom stereocenters. The van der Waals surface area contributed by atoms with Crippen LogP contribution in [0, 0.1) is 0 Å². The molecule has 5 heteroatoms. The maximum atomic E-state index is 10.1. The summed E-state index contributed by atoms with van der Waals surface area (Å²) in [5, 5.41) is 10.6. The minimum Gasteiger partial charge on any atom is -0.495 e. The molecule has 2 rings (SSSR count). The van der Waals surface area contributed by atoms with E-state index in [1.54, 1.807) is 37.7 Å². The molecule has 0 aliphatic rings. The van der Waals surface area contributed by atoms with Gasteiger partial charge >= 0.3 is 0 Å². The summed E-state index contributed by atoms with van der Waals surface area (Å²) in [7, 11) is 1.55. The molecular formula is C12H11ClN2O2. The number of aromatic nitrogens is 2. The molecule has 1 N–H and O–H groups in total. The predicted molar refractivity (Wildman–Crippen MR) is 64.1 cm³/mol. The number of ether oxygens (including phenoxy) is 1. The smallest absolute Gasteiger partial charge is 0.137 e. The maximum Gasteiger partial charge on any atom is 0.137 e. The topological polar surface area (TPSA) is 55.2 Å². The van der Waals surface area contributed by atoms with Crippen molar-refractivity contribution in [3.8, 4) is 5.75 Å². The van der Waals surface area contributed by atoms with Crippen LogP contribution in [0.5, 0.6) is 5.75 Å². The second-order valence-electron chi connectivity index (χ2n) is 3.46. The summed E-state index contributed by atoms with van der Waals surface area (Å²) in [6.45, 7) is 0. The lowest BCUT2D eigenvalue weighted by molar-refractivity contribution is 0.214. The fraction of sp³-hybridized carbons (Fsp3) is 0.167. The third-order valence-electron chi connectivity index (χ3n) is 2.32. The molecule has 2 heterocycles. The van der Waals surface area contributed by atoms with Gasteiger partial charge in [-0.05, 0) is 18.2 Å². The van der Waals surface area contributed by atoms with Gasteiger partial charge in [-0.1, -0.05) is 11.6 Å². The molecule has 2 aromatic heterocycles. The molecule has 1 unspecified atom stereocenters. The number of aliphatic hydroxyl groups is 1. The van der Waals surface area contributed by atoms with Gasteiger partial charge in [-0.15, -0.1) is 0 Å². The van der Waals surface area contributed by atoms with Gasteiger partial charge in [-0.25, -0.2) is 0 Å². The average molecular weight is 251 g/mol. The van der Waals surface area contributed by atoms with E-state index in [2.05, 4.69) is 9.97 Å². The normalized spacial score (nSPS) is 12.2. The van der Waals surface area contributed by atoms with Crippen molar-refractivity contribution in [2.75, 3.05) is 7.11 Å². The Morgan fingerprint density at radius 3 is 2.76 bits per heavy atom. The Balaban J connectivity index is 2.29. The van der Waals surface area contributed by atoms with Crippen LogP contribution in [0.4, 0.5) is 0 Å². The lowest BCUT2D eigenvalue weighted by Gasteiger charge is -2.10. The fourth-order valence-corrected chi connectivity index (χ4v) is 1.53. The van der Waals surface area contributed by atoms with Gasteiger partial charge in [0.2, 0.25) is 0 Å². The van der Waals surface area contributed by atoms with Crippen molar-refractivity contribution in [3.05, 3.63) is 53.1 Å². The zero-order chi connectivity index (χ0) is 12.3. The van der Waals surface area contributed by atoms with Crippen LogP contribution in [0.25, 0.3) is 0 Å². The highest BCUT2D eigenvalue weighted by atomic mass is 35.5. The summed E-state index contributed by atoms with van der Waals surface area (Å²) < 4.78 is 5.04. The molecule has 0 radical (unpaired) electrons. The van der Waals surface area contributed by atoms with Crippen molar-refractivity contribution in [3.63, 3.8) is 0 Å². The second kappa shape index (κ2) is 5.12. The SMILES string of the molecule is COc1cncc(C(O)c2ccc(Cl)cn2)c1. The van der Waals surface area contributed by atoms with Gasteiger partial charge in [0.05, 0.1) is 24.0 Å². The van der Waals surface area contributed by atoms with E-state index in [1.165, 1.54) is 6.20 Å². The summed E-state index contributed by atoms with van der Waals surface area (Å²) in [6, 6.07) is 5.07. The van der Waals surface area contributed by atoms with Gasteiger partial charge in [0.1, 0.15) is 11.9 Å². The fourth-order valence-electron chi connectivity index (χ4n) is 1.42. The molecule has 0 spiro atoms. The predicted octanol–water partition coefficient (Wildman–Crippen LogP) is 2.22. The van der Waals surface area contributed by atoms with E-state index in [9.17, 15) is 5.11 Å². The minimum atomic E-state index is -0.838. The van der Waals surface area contributed by atoms with E-state index in [0.717, 1.165) is 0 Å². The van der Waals surface area contributed by atoms with Crippen LogP contribution in [0.3, 0.4) is 0 Å². The molecule has 0 saturated heterocycles. The second-order valence-corrected chi connectivity index (χ2v) is 3.90. The number of aliphatic hydroxyl groups excluding tert-OH is 1. The molecule has 0 amide bonds. The molecule has 0 aromatic carbocycles. The number of hydrogen-bond acceptors (Lipinski definition) is 4. The quantitative estimate of drug-likeness (QED) is 0.908. The zero-order valence-electron chi connectivity index (χ0n) is 9.17. The first-order valence-corrected chi connectivity index (χ1v) is 5.37. The molecule has 0 saturated carbocycles. The summed E-state index contributed by atoms with van der Waals surface area (Å²) >= 11 is 5.73. The van der Waals surface area contributed by atoms with Crippen LogP contribution in [-0.2, 0) is 0 Å². The summed E-state index contributed by atoms with van der Waals surface area (Å²) in [5.41, 5.74) is 1.14. The van der Waals surface area contributed by atoms with Crippen molar-refractivity contribution in [2.45, 2.75) is 6.10 Å². The van der Waals surface area contributed by atoms with Gasteiger partial charge in [0, 0.05) is 18.0 Å². The van der Waals surface area contributed by atoms with Gasteiger partial charge < -0.3 is 9.84 Å². The van der Waals surface area contributed by atoms with E-state index in [1.807, 2.05) is 0 Å². The van der Waals surface area contributed by atoms with Gasteiger partial charge in [0.25, 0.3) is 0 Å². The standard InChI is InChI=1S/C12H11ClN2O2/c1-17-10-4-8(5-14-7-10)12(16)11-3-2-9(13)6-15-11/h2-7,12,16H,1H3. The van der Waals surface area contributed by atoms with Gasteiger partial charge in [0.15, 0.2) is 0 Å². The average Bonchev–Trinajstić information content (AvgIpc) is 2.39. The first-order chi connectivity index (χ1) is 8.20. The summed E-state index contributed by atoms with van der Waals surface area (Å²) in [4.78, 5) is 8.04. The van der Waals surface area contributed by atoms with Crippen LogP contribution >= 0.6 is 11.6 Å². The molecule has 0 bridgehead atoms. The van der Waals surface area contributed by atoms with Crippen molar-refractivity contribution in [1.82, 2.24) is 9.97 Å². The molecule has 2 aromatic rings. The van der Waals surface area contributed by atoms with E-state index in [0.29, 0.717) is 22.0 Å². The van der Waals surface area contributed by atoms with Crippen LogP contribution in [0.15, 0.2) is 36.8 Å². The first kappa shape index (κ1) is 11.8. The Morgan fingerprint density at radius 2 is 2.12 bits per heavy atom. The molecule has 17 heavy (non-hydrogen) atoms. The highest BCUT2D eigenvalue weighted by Crippen LogP contribution is 2.23. The molecule has 0 aliphatic heterocycles. The summed E-state index contributed by atoms with van der Waals surface area (Å²) in [6.07, 6.45) is 3.80. The number of pyridine rings is 2. The van der Waals surface area contributed by atoms with E-state index < -0.39 is 6.10 Å². The lowest BCUT2D eigenvalue weighted by Crippen LogP contribution is -2.02. The number of methoxy groups -OCH3 is 1. The van der Waals surface area contributed by atoms with Crippen molar-refractivity contribution in [1.29, 1.82) is 0 Å². The van der Waals surface area contributed by atoms with Crippen molar-refractivity contribution in [2.24, 2.45) is 0 Å². The largest absolute Gasteiger partial charge is 0.495 e. The number of hydrogen-bond donors (Lipinski definition) is 1. The minimum absolute atomic E-state index is 0.518. The Hall–Kier alpha value is -1.65. The highest BCUT2D eigenvalue weighted by molar-refractivity contribution is 6.30. The maximum absolute atomic E-state index is 10.1. The van der Waals surface area contributed by atoms with Crippen LogP contribution in [0.1, 0.15) is 17.4 Å². The van der Waals surface area contributed by atoms with Crippen LogP contribution in [0.2, 0.25) is 5.02 Å². The third kappa shape index (κ3) is 2.72. The number of halogens is 1. The van der Waals surface area contributed by atoms with E-state index in [4.69, 9.17) is 16.3 Å². The Morgan fingerprint density at radius 1 is 1.29 bits per heavy atom. The molecular weight excluding hydrogens is 240 g/mol. The third-order valence-corrected chi connectivity index (χ3v) is 2.54. The number of rotatable bonds is 3. The Bertz CT molecular complexity index is 502. The van der Waals surface area contributed by atoms with Crippen LogP contribution < -0.4 is 4.74 Å². The van der Waals surface area contributed by atoms with Crippen molar-refractivity contribution < 1.29 is 9.84 Å². The van der Waals surface area contributed by atoms with Crippen LogP contribution in [-0.4, -0.2) is 22.2 Å². The highest BCUT2D eigenvalue weighted by Gasteiger charge is 2.12.